The highest BCUT2D eigenvalue weighted by Gasteiger charge is 2.19. The van der Waals surface area contributed by atoms with Crippen LogP contribution in [0.25, 0.3) is 0 Å². The summed E-state index contributed by atoms with van der Waals surface area (Å²) in [4.78, 5) is 26.2. The Balaban J connectivity index is 3.13. The predicted molar refractivity (Wildman–Crippen MR) is 65.3 cm³/mol. The summed E-state index contributed by atoms with van der Waals surface area (Å²) in [5.41, 5.74) is 0.894. The van der Waals surface area contributed by atoms with Crippen LogP contribution in [0.2, 0.25) is 0 Å². The van der Waals surface area contributed by atoms with Crippen LogP contribution in [0.3, 0.4) is 0 Å². The molecule has 0 unspecified atom stereocenters. The smallest absolute Gasteiger partial charge is 0.339 e. The molecule has 5 heteroatoms. The number of carbonyl (C=O) groups is 2. The lowest BCUT2D eigenvalue weighted by Gasteiger charge is -2.23. The third-order valence-electron chi connectivity index (χ3n) is 2.34. The van der Waals surface area contributed by atoms with Crippen LogP contribution in [-0.4, -0.2) is 45.2 Å². The predicted octanol–water partition coefficient (Wildman–Crippen LogP) is 1.59. The summed E-state index contributed by atoms with van der Waals surface area (Å²) in [6.07, 6.45) is 0. The number of methoxy groups -OCH3 is 1. The summed E-state index contributed by atoms with van der Waals surface area (Å²) in [7, 11) is 6.23. The number of esters is 1. The van der Waals surface area contributed by atoms with Gasteiger partial charge in [-0.15, -0.1) is 0 Å². The van der Waals surface area contributed by atoms with E-state index in [-0.39, 0.29) is 6.03 Å². The number of nitrogens with zero attached hydrogens (tertiary/aromatic N) is 2. The van der Waals surface area contributed by atoms with Crippen molar-refractivity contribution in [3.8, 4) is 0 Å². The highest BCUT2D eigenvalue weighted by atomic mass is 16.5. The fourth-order valence-electron chi connectivity index (χ4n) is 1.45. The minimum atomic E-state index is -0.459. The lowest BCUT2D eigenvalue weighted by Crippen LogP contribution is -2.37. The maximum atomic E-state index is 11.8. The largest absolute Gasteiger partial charge is 0.465 e. The Morgan fingerprint density at radius 3 is 2.24 bits per heavy atom. The van der Waals surface area contributed by atoms with Crippen LogP contribution in [0.1, 0.15) is 10.4 Å². The molecule has 17 heavy (non-hydrogen) atoms. The number of benzene rings is 1. The van der Waals surface area contributed by atoms with Gasteiger partial charge in [-0.2, -0.15) is 0 Å². The minimum absolute atomic E-state index is 0.207. The minimum Gasteiger partial charge on any atom is -0.465 e. The van der Waals surface area contributed by atoms with E-state index >= 15 is 0 Å². The van der Waals surface area contributed by atoms with Crippen molar-refractivity contribution < 1.29 is 14.3 Å². The monoisotopic (exact) mass is 236 g/mol. The summed E-state index contributed by atoms with van der Waals surface area (Å²) in [5, 5.41) is 0. The van der Waals surface area contributed by atoms with Crippen LogP contribution in [0.5, 0.6) is 0 Å². The van der Waals surface area contributed by atoms with Gasteiger partial charge in [-0.3, -0.25) is 4.90 Å². The first-order valence-corrected chi connectivity index (χ1v) is 5.11. The number of carbonyl (C=O) groups excluding carboxylic acids is 2. The summed E-state index contributed by atoms with van der Waals surface area (Å²) in [6, 6.07) is 6.61. The molecule has 0 saturated carbocycles. The van der Waals surface area contributed by atoms with Crippen molar-refractivity contribution in [2.24, 2.45) is 0 Å². The lowest BCUT2D eigenvalue weighted by molar-refractivity contribution is 0.0601. The molecule has 0 aliphatic heterocycles. The first-order chi connectivity index (χ1) is 7.99. The van der Waals surface area contributed by atoms with Crippen molar-refractivity contribution in [3.63, 3.8) is 0 Å². The van der Waals surface area contributed by atoms with Crippen molar-refractivity contribution in [2.45, 2.75) is 0 Å². The number of para-hydroxylation sites is 1. The van der Waals surface area contributed by atoms with E-state index in [1.807, 2.05) is 0 Å². The Hall–Kier alpha value is -2.04. The van der Waals surface area contributed by atoms with Crippen LogP contribution in [0, 0.1) is 0 Å². The van der Waals surface area contributed by atoms with E-state index < -0.39 is 5.97 Å². The number of hydrogen-bond donors (Lipinski definition) is 0. The SMILES string of the molecule is COC(=O)c1ccccc1N(C)C(=O)N(C)C. The average Bonchev–Trinajstić information content (AvgIpc) is 2.35. The molecule has 0 radical (unpaired) electrons. The van der Waals surface area contributed by atoms with Gasteiger partial charge in [-0.1, -0.05) is 12.1 Å². The van der Waals surface area contributed by atoms with Gasteiger partial charge in [-0.25, -0.2) is 9.59 Å². The van der Waals surface area contributed by atoms with Gasteiger partial charge in [0.15, 0.2) is 0 Å². The highest BCUT2D eigenvalue weighted by Crippen LogP contribution is 2.20. The van der Waals surface area contributed by atoms with E-state index in [0.29, 0.717) is 11.3 Å². The first-order valence-electron chi connectivity index (χ1n) is 5.11. The Morgan fingerprint density at radius 2 is 1.71 bits per heavy atom. The standard InChI is InChI=1S/C12H16N2O3/c1-13(2)12(16)14(3)10-8-6-5-7-9(10)11(15)17-4/h5-8H,1-4H3. The average molecular weight is 236 g/mol. The molecule has 0 bridgehead atoms. The van der Waals surface area contributed by atoms with Gasteiger partial charge < -0.3 is 9.64 Å². The van der Waals surface area contributed by atoms with Gasteiger partial charge in [0.2, 0.25) is 0 Å². The fourth-order valence-corrected chi connectivity index (χ4v) is 1.45. The quantitative estimate of drug-likeness (QED) is 0.733. The molecule has 2 amide bonds. The molecular weight excluding hydrogens is 220 g/mol. The molecule has 0 aliphatic carbocycles. The van der Waals surface area contributed by atoms with Gasteiger partial charge >= 0.3 is 12.0 Å². The molecular formula is C12H16N2O3. The van der Waals surface area contributed by atoms with Crippen molar-refractivity contribution in [2.75, 3.05) is 33.2 Å². The molecule has 1 aromatic carbocycles. The van der Waals surface area contributed by atoms with Crippen molar-refractivity contribution in [3.05, 3.63) is 29.8 Å². The van der Waals surface area contributed by atoms with E-state index in [1.165, 1.54) is 16.9 Å². The zero-order valence-electron chi connectivity index (χ0n) is 10.4. The molecule has 0 N–H and O–H groups in total. The van der Waals surface area contributed by atoms with Crippen LogP contribution >= 0.6 is 0 Å². The zero-order chi connectivity index (χ0) is 13.0. The molecule has 92 valence electrons. The molecule has 0 spiro atoms. The van der Waals surface area contributed by atoms with Gasteiger partial charge in [0.05, 0.1) is 18.4 Å². The normalized spacial score (nSPS) is 9.65. The summed E-state index contributed by atoms with van der Waals surface area (Å²) < 4.78 is 4.68. The third-order valence-corrected chi connectivity index (χ3v) is 2.34. The molecule has 1 aromatic rings. The maximum Gasteiger partial charge on any atom is 0.339 e. The second-order valence-electron chi connectivity index (χ2n) is 3.74. The number of rotatable bonds is 2. The Morgan fingerprint density at radius 1 is 1.12 bits per heavy atom. The number of urea groups is 1. The van der Waals surface area contributed by atoms with E-state index in [1.54, 1.807) is 45.4 Å². The molecule has 0 saturated heterocycles. The lowest BCUT2D eigenvalue weighted by atomic mass is 10.1. The molecule has 5 nitrogen and oxygen atoms in total. The van der Waals surface area contributed by atoms with Crippen LogP contribution in [-0.2, 0) is 4.74 Å². The second-order valence-corrected chi connectivity index (χ2v) is 3.74. The molecule has 0 aliphatic rings. The molecule has 0 atom stereocenters. The Bertz CT molecular complexity index is 430. The molecule has 0 heterocycles. The summed E-state index contributed by atoms with van der Waals surface area (Å²) in [6.45, 7) is 0. The van der Waals surface area contributed by atoms with Gasteiger partial charge in [0, 0.05) is 21.1 Å². The number of hydrogen-bond acceptors (Lipinski definition) is 3. The van der Waals surface area contributed by atoms with Crippen molar-refractivity contribution in [1.29, 1.82) is 0 Å². The van der Waals surface area contributed by atoms with Crippen molar-refractivity contribution >= 4 is 17.7 Å². The van der Waals surface area contributed by atoms with Crippen molar-refractivity contribution in [1.82, 2.24) is 4.90 Å². The van der Waals surface area contributed by atoms with E-state index in [4.69, 9.17) is 0 Å². The molecule has 1 rings (SSSR count). The van der Waals surface area contributed by atoms with Gasteiger partial charge in [-0.05, 0) is 12.1 Å². The Labute approximate surface area is 101 Å². The van der Waals surface area contributed by atoms with E-state index in [0.717, 1.165) is 0 Å². The highest BCUT2D eigenvalue weighted by molar-refractivity contribution is 6.01. The van der Waals surface area contributed by atoms with Crippen LogP contribution < -0.4 is 4.90 Å². The first kappa shape index (κ1) is 13.0. The third kappa shape index (κ3) is 2.75. The zero-order valence-corrected chi connectivity index (χ0v) is 10.4. The summed E-state index contributed by atoms with van der Waals surface area (Å²) in [5.74, 6) is -0.459. The summed E-state index contributed by atoms with van der Waals surface area (Å²) >= 11 is 0. The number of ether oxygens (including phenoxy) is 1. The van der Waals surface area contributed by atoms with Gasteiger partial charge in [0.1, 0.15) is 0 Å². The maximum absolute atomic E-state index is 11.8. The second kappa shape index (κ2) is 5.34. The number of amides is 2. The van der Waals surface area contributed by atoms with Gasteiger partial charge in [0.25, 0.3) is 0 Å². The van der Waals surface area contributed by atoms with Crippen LogP contribution in [0.15, 0.2) is 24.3 Å². The number of anilines is 1. The van der Waals surface area contributed by atoms with Crippen LogP contribution in [0.4, 0.5) is 10.5 Å². The molecule has 0 aromatic heterocycles. The van der Waals surface area contributed by atoms with E-state index in [9.17, 15) is 9.59 Å². The Kier molecular flexibility index (Phi) is 4.09. The fraction of sp³-hybridized carbons (Fsp3) is 0.333. The molecule has 0 fully saturated rings. The topological polar surface area (TPSA) is 49.9 Å². The van der Waals surface area contributed by atoms with E-state index in [2.05, 4.69) is 4.74 Å².